The summed E-state index contributed by atoms with van der Waals surface area (Å²) >= 11 is 0. The van der Waals surface area contributed by atoms with Crippen LogP contribution in [-0.4, -0.2) is 6.61 Å². The van der Waals surface area contributed by atoms with Crippen LogP contribution in [0.4, 0.5) is 0 Å². The summed E-state index contributed by atoms with van der Waals surface area (Å²) in [5.41, 5.74) is 2.79. The lowest BCUT2D eigenvalue weighted by atomic mass is 10.1. The topological polar surface area (TPSA) is 42.2 Å². The molecule has 0 aromatic heterocycles. The third-order valence-electron chi connectivity index (χ3n) is 3.17. The largest absolute Gasteiger partial charge is 0.490 e. The van der Waals surface area contributed by atoms with E-state index in [0.29, 0.717) is 18.8 Å². The maximum atomic E-state index is 8.88. The van der Waals surface area contributed by atoms with E-state index < -0.39 is 0 Å². The van der Waals surface area contributed by atoms with E-state index in [4.69, 9.17) is 14.7 Å². The number of aryl methyl sites for hydroxylation is 1. The lowest BCUT2D eigenvalue weighted by Crippen LogP contribution is -2.02. The molecule has 0 bridgehead atoms. The molecule has 0 fully saturated rings. The van der Waals surface area contributed by atoms with E-state index in [0.717, 1.165) is 29.0 Å². The van der Waals surface area contributed by atoms with Crippen LogP contribution in [0, 0.1) is 18.3 Å². The van der Waals surface area contributed by atoms with E-state index in [1.165, 1.54) is 0 Å². The summed E-state index contributed by atoms with van der Waals surface area (Å²) in [6, 6.07) is 15.4. The van der Waals surface area contributed by atoms with Gasteiger partial charge < -0.3 is 9.47 Å². The fourth-order valence-electron chi connectivity index (χ4n) is 1.98. The lowest BCUT2D eigenvalue weighted by Gasteiger charge is -2.13. The van der Waals surface area contributed by atoms with Gasteiger partial charge in [0.15, 0.2) is 11.5 Å². The molecule has 108 valence electrons. The summed E-state index contributed by atoms with van der Waals surface area (Å²) < 4.78 is 11.5. The van der Waals surface area contributed by atoms with Gasteiger partial charge in [-0.25, -0.2) is 0 Å². The highest BCUT2D eigenvalue weighted by atomic mass is 16.5. The van der Waals surface area contributed by atoms with Crippen LogP contribution in [-0.2, 0) is 6.61 Å². The Kier molecular flexibility index (Phi) is 5.22. The summed E-state index contributed by atoms with van der Waals surface area (Å²) in [5.74, 6) is 1.51. The first kappa shape index (κ1) is 14.9. The Hall–Kier alpha value is -2.47. The van der Waals surface area contributed by atoms with E-state index in [1.807, 2.05) is 49.4 Å². The average molecular weight is 281 g/mol. The number of hydrogen-bond donors (Lipinski definition) is 0. The fourth-order valence-corrected chi connectivity index (χ4v) is 1.98. The number of hydrogen-bond acceptors (Lipinski definition) is 3. The highest BCUT2D eigenvalue weighted by molar-refractivity contribution is 5.41. The Morgan fingerprint density at radius 2 is 1.76 bits per heavy atom. The molecule has 3 heteroatoms. The first-order valence-corrected chi connectivity index (χ1v) is 7.09. The molecule has 0 saturated heterocycles. The Labute approximate surface area is 125 Å². The van der Waals surface area contributed by atoms with Crippen LogP contribution < -0.4 is 9.47 Å². The second-order valence-corrected chi connectivity index (χ2v) is 4.84. The molecule has 0 amide bonds. The second-order valence-electron chi connectivity index (χ2n) is 4.84. The maximum absolute atomic E-state index is 8.88. The van der Waals surface area contributed by atoms with Gasteiger partial charge in [0.1, 0.15) is 6.61 Å². The summed E-state index contributed by atoms with van der Waals surface area (Å²) in [6.45, 7) is 5.20. The van der Waals surface area contributed by atoms with E-state index in [-0.39, 0.29) is 0 Å². The normalized spacial score (nSPS) is 9.95. The molecule has 0 unspecified atom stereocenters. The van der Waals surface area contributed by atoms with Gasteiger partial charge in [0.2, 0.25) is 0 Å². The zero-order valence-corrected chi connectivity index (χ0v) is 12.4. The molecular weight excluding hydrogens is 262 g/mol. The quantitative estimate of drug-likeness (QED) is 0.795. The number of nitrogens with zero attached hydrogens (tertiary/aromatic N) is 1. The minimum atomic E-state index is 0.462. The maximum Gasteiger partial charge on any atom is 0.161 e. The molecule has 0 atom stereocenters. The molecular formula is C18H19NO2. The third kappa shape index (κ3) is 4.00. The van der Waals surface area contributed by atoms with Gasteiger partial charge in [0.05, 0.1) is 18.2 Å². The van der Waals surface area contributed by atoms with E-state index in [9.17, 15) is 0 Å². The zero-order chi connectivity index (χ0) is 15.1. The summed E-state index contributed by atoms with van der Waals surface area (Å²) in [5, 5.41) is 8.88. The van der Waals surface area contributed by atoms with Crippen molar-refractivity contribution in [1.29, 1.82) is 5.26 Å². The summed E-state index contributed by atoms with van der Waals surface area (Å²) in [6.07, 6.45) is 0.961. The van der Waals surface area contributed by atoms with Crippen molar-refractivity contribution >= 4 is 0 Å². The molecule has 2 aromatic carbocycles. The molecule has 0 aliphatic carbocycles. The van der Waals surface area contributed by atoms with Crippen LogP contribution in [0.3, 0.4) is 0 Å². The molecule has 0 radical (unpaired) electrons. The van der Waals surface area contributed by atoms with Gasteiger partial charge in [0, 0.05) is 0 Å². The van der Waals surface area contributed by atoms with Crippen molar-refractivity contribution in [3.63, 3.8) is 0 Å². The van der Waals surface area contributed by atoms with Crippen molar-refractivity contribution in [2.24, 2.45) is 0 Å². The predicted molar refractivity (Wildman–Crippen MR) is 82.5 cm³/mol. The number of ether oxygens (including phenoxy) is 2. The van der Waals surface area contributed by atoms with Crippen LogP contribution in [0.2, 0.25) is 0 Å². The van der Waals surface area contributed by atoms with Gasteiger partial charge in [-0.05, 0) is 48.7 Å². The van der Waals surface area contributed by atoms with Crippen molar-refractivity contribution in [1.82, 2.24) is 0 Å². The summed E-state index contributed by atoms with van der Waals surface area (Å²) in [7, 11) is 0. The van der Waals surface area contributed by atoms with Gasteiger partial charge in [-0.15, -0.1) is 0 Å². The second kappa shape index (κ2) is 7.35. The predicted octanol–water partition coefficient (Wildman–Crippen LogP) is 4.23. The van der Waals surface area contributed by atoms with Crippen LogP contribution in [0.5, 0.6) is 11.5 Å². The molecule has 0 N–H and O–H groups in total. The summed E-state index contributed by atoms with van der Waals surface area (Å²) in [4.78, 5) is 0. The fraction of sp³-hybridized carbons (Fsp3) is 0.278. The first-order valence-electron chi connectivity index (χ1n) is 7.09. The monoisotopic (exact) mass is 281 g/mol. The zero-order valence-electron chi connectivity index (χ0n) is 12.4. The highest BCUT2D eigenvalue weighted by Crippen LogP contribution is 2.27. The van der Waals surface area contributed by atoms with Crippen molar-refractivity contribution in [3.05, 3.63) is 59.2 Å². The van der Waals surface area contributed by atoms with Crippen LogP contribution >= 0.6 is 0 Å². The van der Waals surface area contributed by atoms with E-state index in [1.54, 1.807) is 0 Å². The Balaban J connectivity index is 2.08. The highest BCUT2D eigenvalue weighted by Gasteiger charge is 2.06. The van der Waals surface area contributed by atoms with E-state index in [2.05, 4.69) is 13.0 Å². The van der Waals surface area contributed by atoms with Gasteiger partial charge in [-0.2, -0.15) is 5.26 Å². The number of para-hydroxylation sites is 2. The molecule has 0 saturated carbocycles. The Morgan fingerprint density at radius 3 is 2.38 bits per heavy atom. The number of rotatable bonds is 6. The Bertz CT molecular complexity index is 644. The van der Waals surface area contributed by atoms with Crippen LogP contribution in [0.15, 0.2) is 42.5 Å². The van der Waals surface area contributed by atoms with Crippen molar-refractivity contribution < 1.29 is 9.47 Å². The lowest BCUT2D eigenvalue weighted by molar-refractivity contribution is 0.261. The Morgan fingerprint density at radius 1 is 1.05 bits per heavy atom. The standard InChI is InChI=1S/C18H19NO2/c1-3-10-20-17-6-4-5-7-18(17)21-13-16-9-8-15(12-19)11-14(16)2/h4-9,11H,3,10,13H2,1-2H3. The molecule has 0 aliphatic rings. The van der Waals surface area contributed by atoms with Gasteiger partial charge >= 0.3 is 0 Å². The van der Waals surface area contributed by atoms with E-state index >= 15 is 0 Å². The molecule has 2 aromatic rings. The molecule has 2 rings (SSSR count). The van der Waals surface area contributed by atoms with Gasteiger partial charge in [-0.1, -0.05) is 25.1 Å². The molecule has 0 spiro atoms. The SMILES string of the molecule is CCCOc1ccccc1OCc1ccc(C#N)cc1C. The van der Waals surface area contributed by atoms with Gasteiger partial charge in [0.25, 0.3) is 0 Å². The molecule has 21 heavy (non-hydrogen) atoms. The smallest absolute Gasteiger partial charge is 0.161 e. The average Bonchev–Trinajstić information content (AvgIpc) is 2.52. The molecule has 0 aliphatic heterocycles. The van der Waals surface area contributed by atoms with Crippen LogP contribution in [0.1, 0.15) is 30.0 Å². The van der Waals surface area contributed by atoms with Crippen molar-refractivity contribution in [3.8, 4) is 17.6 Å². The molecule has 3 nitrogen and oxygen atoms in total. The minimum Gasteiger partial charge on any atom is -0.490 e. The first-order chi connectivity index (χ1) is 10.2. The van der Waals surface area contributed by atoms with Crippen molar-refractivity contribution in [2.75, 3.05) is 6.61 Å². The minimum absolute atomic E-state index is 0.462. The third-order valence-corrected chi connectivity index (χ3v) is 3.17. The van der Waals surface area contributed by atoms with Crippen LogP contribution in [0.25, 0.3) is 0 Å². The number of benzene rings is 2. The molecule has 0 heterocycles. The number of nitriles is 1. The van der Waals surface area contributed by atoms with Gasteiger partial charge in [-0.3, -0.25) is 0 Å². The van der Waals surface area contributed by atoms with Crippen molar-refractivity contribution in [2.45, 2.75) is 26.9 Å².